The molecule has 1 fully saturated rings. The molecule has 3 nitrogen and oxygen atoms in total. The highest BCUT2D eigenvalue weighted by Crippen LogP contribution is 2.23. The molecule has 0 heterocycles. The zero-order valence-corrected chi connectivity index (χ0v) is 10.4. The zero-order chi connectivity index (χ0) is 12.1. The second-order valence-corrected chi connectivity index (χ2v) is 4.69. The van der Waals surface area contributed by atoms with E-state index in [1.807, 2.05) is 12.1 Å². The summed E-state index contributed by atoms with van der Waals surface area (Å²) in [4.78, 5) is 5.73. The summed E-state index contributed by atoms with van der Waals surface area (Å²) in [5.41, 5.74) is 4.32. The van der Waals surface area contributed by atoms with Gasteiger partial charge in [0.05, 0.1) is 12.1 Å². The molecule has 1 aromatic rings. The minimum absolute atomic E-state index is 0.205. The van der Waals surface area contributed by atoms with Gasteiger partial charge in [0, 0.05) is 0 Å². The fraction of sp³-hybridized carbons (Fsp3) is 0.571. The zero-order valence-electron chi connectivity index (χ0n) is 10.4. The standard InChI is InChI=1S/C14H21NO2/c1-2-14(11-7-9-12(16)10-8-11)15-17-13-5-3-4-6-13/h7-10,13-16H,2-6H2,1H3. The molecule has 2 rings (SSSR count). The van der Waals surface area contributed by atoms with E-state index < -0.39 is 0 Å². The average Bonchev–Trinajstić information content (AvgIpc) is 2.85. The van der Waals surface area contributed by atoms with Crippen LogP contribution in [0.2, 0.25) is 0 Å². The van der Waals surface area contributed by atoms with Gasteiger partial charge in [-0.1, -0.05) is 31.9 Å². The number of hydrogen-bond acceptors (Lipinski definition) is 3. The predicted molar refractivity (Wildman–Crippen MR) is 67.6 cm³/mol. The van der Waals surface area contributed by atoms with Gasteiger partial charge in [-0.25, -0.2) is 0 Å². The van der Waals surface area contributed by atoms with Gasteiger partial charge < -0.3 is 5.11 Å². The van der Waals surface area contributed by atoms with Crippen molar-refractivity contribution in [3.8, 4) is 5.75 Å². The van der Waals surface area contributed by atoms with E-state index in [9.17, 15) is 5.11 Å². The number of nitrogens with one attached hydrogen (secondary N) is 1. The molecular weight excluding hydrogens is 214 g/mol. The van der Waals surface area contributed by atoms with Gasteiger partial charge in [-0.05, 0) is 37.0 Å². The number of aromatic hydroxyl groups is 1. The van der Waals surface area contributed by atoms with Crippen LogP contribution >= 0.6 is 0 Å². The summed E-state index contributed by atoms with van der Waals surface area (Å²) in [6.07, 6.45) is 6.24. The Labute approximate surface area is 103 Å². The first-order valence-corrected chi connectivity index (χ1v) is 6.49. The Morgan fingerprint density at radius 1 is 1.29 bits per heavy atom. The lowest BCUT2D eigenvalue weighted by Gasteiger charge is -2.20. The summed E-state index contributed by atoms with van der Waals surface area (Å²) in [5.74, 6) is 0.306. The van der Waals surface area contributed by atoms with Crippen LogP contribution in [-0.4, -0.2) is 11.2 Å². The smallest absolute Gasteiger partial charge is 0.115 e. The van der Waals surface area contributed by atoms with Crippen LogP contribution in [-0.2, 0) is 4.84 Å². The number of phenols is 1. The average molecular weight is 235 g/mol. The summed E-state index contributed by atoms with van der Waals surface area (Å²) in [6.45, 7) is 2.13. The molecule has 94 valence electrons. The molecule has 0 saturated heterocycles. The molecule has 1 saturated carbocycles. The largest absolute Gasteiger partial charge is 0.508 e. The van der Waals surface area contributed by atoms with Crippen LogP contribution in [0.1, 0.15) is 50.6 Å². The quantitative estimate of drug-likeness (QED) is 0.769. The second kappa shape index (κ2) is 6.03. The van der Waals surface area contributed by atoms with E-state index in [1.54, 1.807) is 12.1 Å². The molecule has 0 amide bonds. The van der Waals surface area contributed by atoms with Crippen molar-refractivity contribution in [2.45, 2.75) is 51.2 Å². The van der Waals surface area contributed by atoms with E-state index in [0.717, 1.165) is 12.0 Å². The molecular formula is C14H21NO2. The van der Waals surface area contributed by atoms with E-state index in [2.05, 4.69) is 12.4 Å². The van der Waals surface area contributed by atoms with Crippen molar-refractivity contribution in [1.29, 1.82) is 0 Å². The maximum Gasteiger partial charge on any atom is 0.115 e. The molecule has 1 aliphatic carbocycles. The molecule has 0 bridgehead atoms. The van der Waals surface area contributed by atoms with E-state index in [4.69, 9.17) is 4.84 Å². The molecule has 1 unspecified atom stereocenters. The van der Waals surface area contributed by atoms with Crippen molar-refractivity contribution in [3.05, 3.63) is 29.8 Å². The molecule has 1 atom stereocenters. The van der Waals surface area contributed by atoms with Gasteiger partial charge in [0.1, 0.15) is 5.75 Å². The maximum absolute atomic E-state index is 9.26. The van der Waals surface area contributed by atoms with E-state index in [0.29, 0.717) is 11.9 Å². The van der Waals surface area contributed by atoms with Crippen LogP contribution in [0.5, 0.6) is 5.75 Å². The first-order chi connectivity index (χ1) is 8.29. The van der Waals surface area contributed by atoms with Gasteiger partial charge in [-0.2, -0.15) is 5.48 Å². The minimum Gasteiger partial charge on any atom is -0.508 e. The minimum atomic E-state index is 0.205. The lowest BCUT2D eigenvalue weighted by atomic mass is 10.1. The van der Waals surface area contributed by atoms with E-state index in [-0.39, 0.29) is 6.04 Å². The molecule has 0 aromatic heterocycles. The molecule has 17 heavy (non-hydrogen) atoms. The summed E-state index contributed by atoms with van der Waals surface area (Å²) >= 11 is 0. The molecule has 0 radical (unpaired) electrons. The number of hydroxylamine groups is 1. The summed E-state index contributed by atoms with van der Waals surface area (Å²) in [6, 6.07) is 7.52. The third-order valence-electron chi connectivity index (χ3n) is 3.38. The lowest BCUT2D eigenvalue weighted by Crippen LogP contribution is -2.26. The van der Waals surface area contributed by atoms with Gasteiger partial charge in [-0.3, -0.25) is 4.84 Å². The molecule has 3 heteroatoms. The fourth-order valence-electron chi connectivity index (χ4n) is 2.28. The SMILES string of the molecule is CCC(NOC1CCCC1)c1ccc(O)cc1. The van der Waals surface area contributed by atoms with Gasteiger partial charge in [0.25, 0.3) is 0 Å². The molecule has 2 N–H and O–H groups in total. The van der Waals surface area contributed by atoms with Crippen molar-refractivity contribution in [3.63, 3.8) is 0 Å². The van der Waals surface area contributed by atoms with Gasteiger partial charge in [-0.15, -0.1) is 0 Å². The third-order valence-corrected chi connectivity index (χ3v) is 3.38. The normalized spacial score (nSPS) is 18.4. The van der Waals surface area contributed by atoms with E-state index in [1.165, 1.54) is 25.7 Å². The topological polar surface area (TPSA) is 41.5 Å². The highest BCUT2D eigenvalue weighted by molar-refractivity contribution is 5.27. The Morgan fingerprint density at radius 3 is 2.53 bits per heavy atom. The van der Waals surface area contributed by atoms with Crippen LogP contribution in [0.4, 0.5) is 0 Å². The van der Waals surface area contributed by atoms with Gasteiger partial charge in [0.15, 0.2) is 0 Å². The summed E-state index contributed by atoms with van der Waals surface area (Å²) < 4.78 is 0. The highest BCUT2D eigenvalue weighted by Gasteiger charge is 2.17. The van der Waals surface area contributed by atoms with Crippen LogP contribution in [0.15, 0.2) is 24.3 Å². The maximum atomic E-state index is 9.26. The molecule has 0 aliphatic heterocycles. The summed E-state index contributed by atoms with van der Waals surface area (Å²) in [7, 11) is 0. The Bertz CT molecular complexity index is 331. The molecule has 1 aromatic carbocycles. The number of rotatable bonds is 5. The first-order valence-electron chi connectivity index (χ1n) is 6.49. The van der Waals surface area contributed by atoms with Crippen LogP contribution < -0.4 is 5.48 Å². The second-order valence-electron chi connectivity index (χ2n) is 4.69. The molecule has 1 aliphatic rings. The summed E-state index contributed by atoms with van der Waals surface area (Å²) in [5, 5.41) is 9.26. The van der Waals surface area contributed by atoms with Crippen molar-refractivity contribution in [1.82, 2.24) is 5.48 Å². The fourth-order valence-corrected chi connectivity index (χ4v) is 2.28. The predicted octanol–water partition coefficient (Wildman–Crippen LogP) is 3.31. The Morgan fingerprint density at radius 2 is 1.94 bits per heavy atom. The lowest BCUT2D eigenvalue weighted by molar-refractivity contribution is -0.0415. The van der Waals surface area contributed by atoms with Gasteiger partial charge in [0.2, 0.25) is 0 Å². The monoisotopic (exact) mass is 235 g/mol. The first kappa shape index (κ1) is 12.4. The van der Waals surface area contributed by atoms with E-state index >= 15 is 0 Å². The number of hydrogen-bond donors (Lipinski definition) is 2. The Hall–Kier alpha value is -1.06. The van der Waals surface area contributed by atoms with Crippen LogP contribution in [0.25, 0.3) is 0 Å². The van der Waals surface area contributed by atoms with Crippen LogP contribution in [0, 0.1) is 0 Å². The van der Waals surface area contributed by atoms with Crippen molar-refractivity contribution in [2.24, 2.45) is 0 Å². The highest BCUT2D eigenvalue weighted by atomic mass is 16.7. The third kappa shape index (κ3) is 3.45. The molecule has 0 spiro atoms. The number of benzene rings is 1. The van der Waals surface area contributed by atoms with Crippen LogP contribution in [0.3, 0.4) is 0 Å². The van der Waals surface area contributed by atoms with Crippen molar-refractivity contribution >= 4 is 0 Å². The Kier molecular flexibility index (Phi) is 4.40. The van der Waals surface area contributed by atoms with Gasteiger partial charge >= 0.3 is 0 Å². The Balaban J connectivity index is 1.89. The van der Waals surface area contributed by atoms with Crippen molar-refractivity contribution in [2.75, 3.05) is 0 Å². The van der Waals surface area contributed by atoms with Crippen molar-refractivity contribution < 1.29 is 9.94 Å². The number of phenolic OH excluding ortho intramolecular Hbond substituents is 1.